The fraction of sp³-hybridized carbons (Fsp3) is 0.933. The molecule has 0 aromatic heterocycles. The summed E-state index contributed by atoms with van der Waals surface area (Å²) in [6.07, 6.45) is 8.21. The summed E-state index contributed by atoms with van der Waals surface area (Å²) in [5.74, 6) is 4.12. The number of nitrogens with zero attached hydrogens (tertiary/aromatic N) is 1. The van der Waals surface area contributed by atoms with Crippen molar-refractivity contribution in [2.45, 2.75) is 44.1 Å². The number of rotatable bonds is 2. The van der Waals surface area contributed by atoms with Gasteiger partial charge in [0.1, 0.15) is 0 Å². The van der Waals surface area contributed by atoms with Crippen molar-refractivity contribution in [3.05, 3.63) is 0 Å². The molecule has 1 spiro atoms. The second-order valence-electron chi connectivity index (χ2n) is 6.89. The average Bonchev–Trinajstić information content (AvgIpc) is 3.13. The van der Waals surface area contributed by atoms with Gasteiger partial charge in [-0.2, -0.15) is 0 Å². The minimum atomic E-state index is 0.302. The molecule has 4 rings (SSSR count). The Balaban J connectivity index is 1.34. The van der Waals surface area contributed by atoms with E-state index in [1.165, 1.54) is 36.6 Å². The molecule has 0 aromatic carbocycles. The lowest BCUT2D eigenvalue weighted by atomic mass is 9.89. The Kier molecular flexibility index (Phi) is 3.27. The number of hydrogen-bond acceptors (Lipinski definition) is 3. The van der Waals surface area contributed by atoms with Crippen LogP contribution in [0.15, 0.2) is 4.99 Å². The summed E-state index contributed by atoms with van der Waals surface area (Å²) >= 11 is 1.93. The smallest absolute Gasteiger partial charge is 0.157 e. The fourth-order valence-electron chi connectivity index (χ4n) is 4.42. The molecule has 2 heterocycles. The van der Waals surface area contributed by atoms with Crippen LogP contribution in [0.25, 0.3) is 0 Å². The number of aliphatic imine (C=N–C) groups is 1. The van der Waals surface area contributed by atoms with Gasteiger partial charge in [0.25, 0.3) is 0 Å². The van der Waals surface area contributed by atoms with Crippen LogP contribution in [0.4, 0.5) is 0 Å². The van der Waals surface area contributed by atoms with E-state index in [4.69, 9.17) is 9.73 Å². The molecule has 0 radical (unpaired) electrons. The standard InChI is InChI=1S/C15H24N2OS/c1-2-12-7-11(1)8-13(12)9-16-14-17-15(10-19-14)3-5-18-6-4-15/h11-13H,1-10H2,(H,16,17). The first kappa shape index (κ1) is 12.5. The molecule has 2 saturated carbocycles. The first-order valence-electron chi connectivity index (χ1n) is 7.86. The number of ether oxygens (including phenoxy) is 1. The summed E-state index contributed by atoms with van der Waals surface area (Å²) in [4.78, 5) is 4.90. The van der Waals surface area contributed by atoms with E-state index in [0.29, 0.717) is 5.54 Å². The second-order valence-corrected chi connectivity index (χ2v) is 7.85. The second kappa shape index (κ2) is 4.96. The first-order valence-corrected chi connectivity index (χ1v) is 8.85. The van der Waals surface area contributed by atoms with Crippen LogP contribution in [-0.2, 0) is 4.74 Å². The molecule has 3 atom stereocenters. The van der Waals surface area contributed by atoms with E-state index in [9.17, 15) is 0 Å². The molecule has 2 saturated heterocycles. The topological polar surface area (TPSA) is 33.6 Å². The van der Waals surface area contributed by atoms with Crippen LogP contribution >= 0.6 is 11.8 Å². The minimum absolute atomic E-state index is 0.302. The maximum Gasteiger partial charge on any atom is 0.157 e. The molecule has 2 aliphatic carbocycles. The largest absolute Gasteiger partial charge is 0.381 e. The van der Waals surface area contributed by atoms with Crippen molar-refractivity contribution in [2.24, 2.45) is 22.7 Å². The highest BCUT2D eigenvalue weighted by Gasteiger charge is 2.41. The lowest BCUT2D eigenvalue weighted by Gasteiger charge is -2.32. The van der Waals surface area contributed by atoms with Crippen molar-refractivity contribution < 1.29 is 4.74 Å². The van der Waals surface area contributed by atoms with Crippen molar-refractivity contribution >= 4 is 16.9 Å². The van der Waals surface area contributed by atoms with E-state index in [-0.39, 0.29) is 0 Å². The Morgan fingerprint density at radius 3 is 2.89 bits per heavy atom. The SMILES string of the molecule is C1CC2(CCO1)CSC(=NCC1CC3CCC1C3)N2. The molecular formula is C15H24N2OS. The molecule has 1 N–H and O–H groups in total. The van der Waals surface area contributed by atoms with E-state index >= 15 is 0 Å². The average molecular weight is 280 g/mol. The molecule has 3 unspecified atom stereocenters. The Labute approximate surface area is 120 Å². The summed E-state index contributed by atoms with van der Waals surface area (Å²) in [7, 11) is 0. The Morgan fingerprint density at radius 2 is 2.16 bits per heavy atom. The van der Waals surface area contributed by atoms with Crippen LogP contribution in [0.3, 0.4) is 0 Å². The predicted octanol–water partition coefficient (Wildman–Crippen LogP) is 2.66. The number of amidine groups is 1. The summed E-state index contributed by atoms with van der Waals surface area (Å²) in [6, 6.07) is 0. The van der Waals surface area contributed by atoms with Crippen molar-refractivity contribution in [1.82, 2.24) is 5.32 Å². The van der Waals surface area contributed by atoms with Crippen molar-refractivity contribution in [1.29, 1.82) is 0 Å². The highest BCUT2D eigenvalue weighted by atomic mass is 32.2. The normalized spacial score (nSPS) is 42.1. The summed E-state index contributed by atoms with van der Waals surface area (Å²) in [6.45, 7) is 2.89. The maximum absolute atomic E-state index is 5.48. The van der Waals surface area contributed by atoms with Crippen LogP contribution in [0.1, 0.15) is 38.5 Å². The zero-order valence-electron chi connectivity index (χ0n) is 11.6. The molecule has 0 amide bonds. The van der Waals surface area contributed by atoms with Gasteiger partial charge < -0.3 is 10.1 Å². The van der Waals surface area contributed by atoms with Crippen LogP contribution in [0.5, 0.6) is 0 Å². The van der Waals surface area contributed by atoms with Gasteiger partial charge in [0.2, 0.25) is 0 Å². The molecule has 2 bridgehead atoms. The Hall–Kier alpha value is -0.220. The maximum atomic E-state index is 5.48. The predicted molar refractivity (Wildman–Crippen MR) is 79.6 cm³/mol. The van der Waals surface area contributed by atoms with Gasteiger partial charge in [-0.3, -0.25) is 4.99 Å². The van der Waals surface area contributed by atoms with Crippen LogP contribution in [-0.4, -0.2) is 36.2 Å². The number of nitrogens with one attached hydrogen (secondary N) is 1. The summed E-state index contributed by atoms with van der Waals surface area (Å²) < 4.78 is 5.48. The lowest BCUT2D eigenvalue weighted by molar-refractivity contribution is 0.0555. The third-order valence-electron chi connectivity index (χ3n) is 5.66. The van der Waals surface area contributed by atoms with E-state index in [0.717, 1.165) is 50.4 Å². The van der Waals surface area contributed by atoms with Crippen LogP contribution in [0, 0.1) is 17.8 Å². The quantitative estimate of drug-likeness (QED) is 0.844. The molecule has 19 heavy (non-hydrogen) atoms. The van der Waals surface area contributed by atoms with Crippen molar-refractivity contribution in [3.8, 4) is 0 Å². The number of fused-ring (bicyclic) bond motifs is 2. The highest BCUT2D eigenvalue weighted by molar-refractivity contribution is 8.14. The van der Waals surface area contributed by atoms with E-state index in [1.54, 1.807) is 0 Å². The Bertz CT molecular complexity index is 378. The molecule has 4 fully saturated rings. The van der Waals surface area contributed by atoms with E-state index < -0.39 is 0 Å². The van der Waals surface area contributed by atoms with Gasteiger partial charge in [-0.1, -0.05) is 18.2 Å². The van der Waals surface area contributed by atoms with Crippen molar-refractivity contribution in [3.63, 3.8) is 0 Å². The Morgan fingerprint density at radius 1 is 1.26 bits per heavy atom. The summed E-state index contributed by atoms with van der Waals surface area (Å²) in [5.41, 5.74) is 0.302. The van der Waals surface area contributed by atoms with E-state index in [1.807, 2.05) is 11.8 Å². The summed E-state index contributed by atoms with van der Waals surface area (Å²) in [5, 5.41) is 4.92. The third kappa shape index (κ3) is 2.42. The van der Waals surface area contributed by atoms with Gasteiger partial charge in [0.05, 0.1) is 5.54 Å². The molecule has 4 aliphatic rings. The van der Waals surface area contributed by atoms with Gasteiger partial charge >= 0.3 is 0 Å². The van der Waals surface area contributed by atoms with Crippen LogP contribution in [0.2, 0.25) is 0 Å². The lowest BCUT2D eigenvalue weighted by Crippen LogP contribution is -2.48. The van der Waals surface area contributed by atoms with Gasteiger partial charge in [-0.25, -0.2) is 0 Å². The minimum Gasteiger partial charge on any atom is -0.381 e. The van der Waals surface area contributed by atoms with Crippen LogP contribution < -0.4 is 5.32 Å². The molecule has 3 nitrogen and oxygen atoms in total. The van der Waals surface area contributed by atoms with Crippen molar-refractivity contribution in [2.75, 3.05) is 25.5 Å². The monoisotopic (exact) mass is 280 g/mol. The zero-order chi connectivity index (χ0) is 12.7. The van der Waals surface area contributed by atoms with E-state index in [2.05, 4.69) is 5.32 Å². The zero-order valence-corrected chi connectivity index (χ0v) is 12.4. The van der Waals surface area contributed by atoms with Gasteiger partial charge in [-0.15, -0.1) is 0 Å². The van der Waals surface area contributed by atoms with Gasteiger partial charge in [0.15, 0.2) is 5.17 Å². The van der Waals surface area contributed by atoms with Gasteiger partial charge in [0, 0.05) is 25.5 Å². The molecule has 2 aliphatic heterocycles. The molecular weight excluding hydrogens is 256 g/mol. The fourth-order valence-corrected chi connectivity index (χ4v) is 5.65. The third-order valence-corrected chi connectivity index (χ3v) is 6.86. The number of thioether (sulfide) groups is 1. The number of hydrogen-bond donors (Lipinski definition) is 1. The first-order chi connectivity index (χ1) is 9.33. The molecule has 4 heteroatoms. The molecule has 106 valence electrons. The highest BCUT2D eigenvalue weighted by Crippen LogP contribution is 2.48. The van der Waals surface area contributed by atoms with Gasteiger partial charge in [-0.05, 0) is 49.9 Å². The molecule has 0 aromatic rings.